The number of nitrogens with one attached hydrogen (secondary N) is 2. The number of anilines is 1. The van der Waals surface area contributed by atoms with Gasteiger partial charge >= 0.3 is 17.6 Å². The first-order chi connectivity index (χ1) is 11.5. The predicted octanol–water partition coefficient (Wildman–Crippen LogP) is 2.68. The second kappa shape index (κ2) is 6.69. The van der Waals surface area contributed by atoms with E-state index in [1.807, 2.05) is 0 Å². The molecule has 0 unspecified atom stereocenters. The summed E-state index contributed by atoms with van der Waals surface area (Å²) in [5, 5.41) is 2.61. The summed E-state index contributed by atoms with van der Waals surface area (Å²) in [6, 6.07) is 1.40. The molecule has 2 N–H and O–H groups in total. The van der Waals surface area contributed by atoms with Crippen LogP contribution in [-0.4, -0.2) is 20.7 Å². The lowest BCUT2D eigenvalue weighted by Gasteiger charge is -2.18. The van der Waals surface area contributed by atoms with Crippen LogP contribution in [0.15, 0.2) is 27.8 Å². The van der Waals surface area contributed by atoms with Gasteiger partial charge in [0.2, 0.25) is 5.95 Å². The van der Waals surface area contributed by atoms with Crippen molar-refractivity contribution in [3.05, 3.63) is 56.1 Å². The molecule has 0 aliphatic rings. The van der Waals surface area contributed by atoms with Gasteiger partial charge in [-0.2, -0.15) is 18.2 Å². The summed E-state index contributed by atoms with van der Waals surface area (Å²) in [6.07, 6.45) is -4.77. The molecule has 2 rings (SSSR count). The van der Waals surface area contributed by atoms with Crippen molar-refractivity contribution in [2.75, 3.05) is 5.32 Å². The van der Waals surface area contributed by atoms with E-state index in [0.29, 0.717) is 6.92 Å². The van der Waals surface area contributed by atoms with Crippen molar-refractivity contribution in [3.8, 4) is 0 Å². The monoisotopic (exact) mass is 360 g/mol. The second-order valence-electron chi connectivity index (χ2n) is 5.65. The summed E-state index contributed by atoms with van der Waals surface area (Å²) >= 11 is 0. The maximum Gasteiger partial charge on any atom is 0.409 e. The highest BCUT2D eigenvalue weighted by atomic mass is 19.4. The highest BCUT2D eigenvalue weighted by Gasteiger charge is 2.39. The number of halogens is 4. The lowest BCUT2D eigenvalue weighted by Crippen LogP contribution is -2.44. The average molecular weight is 360 g/mol. The third-order valence-electron chi connectivity index (χ3n) is 3.69. The van der Waals surface area contributed by atoms with Crippen LogP contribution < -0.4 is 16.7 Å². The molecule has 1 aromatic carbocycles. The van der Waals surface area contributed by atoms with Crippen molar-refractivity contribution in [3.63, 3.8) is 0 Å². The van der Waals surface area contributed by atoms with Gasteiger partial charge in [-0.3, -0.25) is 4.98 Å². The van der Waals surface area contributed by atoms with Crippen molar-refractivity contribution in [1.29, 1.82) is 0 Å². The fraction of sp³-hybridized carbons (Fsp3) is 0.400. The average Bonchev–Trinajstić information content (AvgIpc) is 2.47. The number of benzene rings is 1. The molecule has 25 heavy (non-hydrogen) atoms. The van der Waals surface area contributed by atoms with E-state index in [2.05, 4.69) is 15.3 Å². The van der Waals surface area contributed by atoms with Gasteiger partial charge in [0, 0.05) is 5.56 Å². The van der Waals surface area contributed by atoms with Crippen LogP contribution in [-0.2, 0) is 0 Å². The molecule has 0 saturated heterocycles. The Hall–Kier alpha value is -2.65. The third kappa shape index (κ3) is 4.06. The number of aryl methyl sites for hydroxylation is 1. The first-order valence-electron chi connectivity index (χ1n) is 7.33. The molecule has 2 aromatic rings. The van der Waals surface area contributed by atoms with Crippen LogP contribution in [0.25, 0.3) is 0 Å². The van der Waals surface area contributed by atoms with Crippen LogP contribution in [0.3, 0.4) is 0 Å². The molecule has 2 atom stereocenters. The standard InChI is InChI=1S/C15H16F4N4O2/c1-7-4-5-11(16)10(6-7)8(2)20-12-21-13(24)23(14(25)22-12)9(3)15(17,18)19/h4-6,8-9H,1-3H3,(H2,20,21,22,24,25)/t8-,9+/m0/s1. The molecule has 0 radical (unpaired) electrons. The summed E-state index contributed by atoms with van der Waals surface area (Å²) in [6.45, 7) is 3.99. The van der Waals surface area contributed by atoms with Crippen molar-refractivity contribution in [2.24, 2.45) is 0 Å². The van der Waals surface area contributed by atoms with Crippen molar-refractivity contribution >= 4 is 5.95 Å². The van der Waals surface area contributed by atoms with Gasteiger partial charge in [0.25, 0.3) is 0 Å². The zero-order valence-corrected chi connectivity index (χ0v) is 13.6. The molecule has 6 nitrogen and oxygen atoms in total. The molecule has 1 heterocycles. The minimum atomic E-state index is -4.77. The van der Waals surface area contributed by atoms with Crippen molar-refractivity contribution < 1.29 is 17.6 Å². The van der Waals surface area contributed by atoms with Gasteiger partial charge in [-0.05, 0) is 26.8 Å². The van der Waals surface area contributed by atoms with E-state index < -0.39 is 35.5 Å². The Morgan fingerprint density at radius 3 is 2.44 bits per heavy atom. The molecule has 136 valence electrons. The van der Waals surface area contributed by atoms with E-state index >= 15 is 0 Å². The van der Waals surface area contributed by atoms with Crippen molar-refractivity contribution in [1.82, 2.24) is 14.5 Å². The molecule has 0 saturated carbocycles. The summed E-state index contributed by atoms with van der Waals surface area (Å²) in [7, 11) is 0. The molecule has 0 fully saturated rings. The molecule has 0 spiro atoms. The van der Waals surface area contributed by atoms with Crippen LogP contribution in [0.2, 0.25) is 0 Å². The predicted molar refractivity (Wildman–Crippen MR) is 83.1 cm³/mol. The summed E-state index contributed by atoms with van der Waals surface area (Å²) < 4.78 is 52.0. The summed E-state index contributed by atoms with van der Waals surface area (Å²) in [5.41, 5.74) is -1.56. The lowest BCUT2D eigenvalue weighted by molar-refractivity contribution is -0.164. The van der Waals surface area contributed by atoms with E-state index in [1.54, 1.807) is 26.0 Å². The Labute approximate surface area is 139 Å². The molecule has 0 aliphatic heterocycles. The lowest BCUT2D eigenvalue weighted by atomic mass is 10.1. The van der Waals surface area contributed by atoms with E-state index in [9.17, 15) is 27.2 Å². The quantitative estimate of drug-likeness (QED) is 0.822. The molecular formula is C15H16F4N4O2. The number of alkyl halides is 3. The van der Waals surface area contributed by atoms with E-state index in [-0.39, 0.29) is 16.1 Å². The fourth-order valence-corrected chi connectivity index (χ4v) is 2.26. The maximum absolute atomic E-state index is 13.9. The highest BCUT2D eigenvalue weighted by molar-refractivity contribution is 5.33. The normalized spacial score (nSPS) is 14.2. The Morgan fingerprint density at radius 1 is 1.24 bits per heavy atom. The van der Waals surface area contributed by atoms with Gasteiger partial charge in [0.1, 0.15) is 11.9 Å². The van der Waals surface area contributed by atoms with Crippen LogP contribution in [0.5, 0.6) is 0 Å². The molecule has 0 bridgehead atoms. The topological polar surface area (TPSA) is 79.8 Å². The summed E-state index contributed by atoms with van der Waals surface area (Å²) in [5.74, 6) is -0.846. The van der Waals surface area contributed by atoms with Crippen LogP contribution >= 0.6 is 0 Å². The number of hydrogen-bond acceptors (Lipinski definition) is 4. The molecule has 1 aromatic heterocycles. The van der Waals surface area contributed by atoms with E-state index in [1.165, 1.54) is 6.07 Å². The first kappa shape index (κ1) is 18.7. The van der Waals surface area contributed by atoms with Crippen LogP contribution in [0, 0.1) is 12.7 Å². The van der Waals surface area contributed by atoms with Crippen LogP contribution in [0.1, 0.15) is 37.1 Å². The fourth-order valence-electron chi connectivity index (χ4n) is 2.26. The molecular weight excluding hydrogens is 344 g/mol. The van der Waals surface area contributed by atoms with Crippen molar-refractivity contribution in [2.45, 2.75) is 39.0 Å². The smallest absolute Gasteiger partial charge is 0.349 e. The van der Waals surface area contributed by atoms with Gasteiger partial charge in [-0.1, -0.05) is 17.7 Å². The molecule has 0 aliphatic carbocycles. The van der Waals surface area contributed by atoms with Gasteiger partial charge in [-0.25, -0.2) is 18.5 Å². The van der Waals surface area contributed by atoms with Gasteiger partial charge in [-0.15, -0.1) is 0 Å². The van der Waals surface area contributed by atoms with Gasteiger partial charge in [0.15, 0.2) is 0 Å². The maximum atomic E-state index is 13.9. The second-order valence-corrected chi connectivity index (χ2v) is 5.65. The first-order valence-corrected chi connectivity index (χ1v) is 7.33. The van der Waals surface area contributed by atoms with E-state index in [0.717, 1.165) is 5.56 Å². The van der Waals surface area contributed by atoms with Crippen LogP contribution in [0.4, 0.5) is 23.5 Å². The number of rotatable bonds is 4. The number of H-pyrrole nitrogens is 1. The summed E-state index contributed by atoms with van der Waals surface area (Å²) in [4.78, 5) is 29.1. The van der Waals surface area contributed by atoms with Gasteiger partial charge < -0.3 is 5.32 Å². The zero-order valence-electron chi connectivity index (χ0n) is 13.6. The minimum Gasteiger partial charge on any atom is -0.349 e. The Bertz CT molecular complexity index is 857. The number of aromatic amines is 1. The number of hydrogen-bond donors (Lipinski definition) is 2. The largest absolute Gasteiger partial charge is 0.409 e. The third-order valence-corrected chi connectivity index (χ3v) is 3.69. The highest BCUT2D eigenvalue weighted by Crippen LogP contribution is 2.27. The number of nitrogens with zero attached hydrogens (tertiary/aromatic N) is 2. The SMILES string of the molecule is Cc1ccc(F)c([C@H](C)Nc2nc(=O)n([C@H](C)C(F)(F)F)c(=O)[nH]2)c1. The molecule has 0 amide bonds. The van der Waals surface area contributed by atoms with Gasteiger partial charge in [0.05, 0.1) is 6.04 Å². The van der Waals surface area contributed by atoms with E-state index in [4.69, 9.17) is 0 Å². The number of aromatic nitrogens is 3. The molecule has 10 heteroatoms. The Morgan fingerprint density at radius 2 is 1.88 bits per heavy atom. The minimum absolute atomic E-state index is 0.0247. The Kier molecular flexibility index (Phi) is 5.00. The Balaban J connectivity index is 2.35. The zero-order chi connectivity index (χ0) is 18.9.